The molecule has 3 rings (SSSR count). The third-order valence-corrected chi connectivity index (χ3v) is 4.83. The summed E-state index contributed by atoms with van der Waals surface area (Å²) in [6, 6.07) is 22.8. The lowest BCUT2D eigenvalue weighted by Crippen LogP contribution is -2.22. The molecule has 0 fully saturated rings. The lowest BCUT2D eigenvalue weighted by Gasteiger charge is -2.22. The molecule has 0 saturated heterocycles. The maximum atomic E-state index is 12.9. The van der Waals surface area contributed by atoms with Gasteiger partial charge in [0.2, 0.25) is 6.10 Å². The predicted molar refractivity (Wildman–Crippen MR) is 107 cm³/mol. The molecule has 2 atom stereocenters. The highest BCUT2D eigenvalue weighted by atomic mass is 35.5. The molecule has 0 aliphatic rings. The van der Waals surface area contributed by atoms with E-state index in [0.29, 0.717) is 10.6 Å². The number of nitriles is 1. The average molecular weight is 378 g/mol. The van der Waals surface area contributed by atoms with E-state index >= 15 is 0 Å². The SMILES string of the molecule is CC(C)[C@@H](C(=O)O[C@@H](C#N)c1ccc2ccccc2c1)c1ccc(Cl)cc1. The number of carbonyl (C=O) groups is 1. The number of hydrogen-bond donors (Lipinski definition) is 0. The molecule has 3 aromatic rings. The standard InChI is InChI=1S/C23H20ClNO2/c1-15(2)22(17-9-11-20(24)12-10-17)23(26)27-21(14-25)19-8-7-16-5-3-4-6-18(16)13-19/h3-13,15,21-22H,1-2H3/t21-,22+/m0/s1. The summed E-state index contributed by atoms with van der Waals surface area (Å²) in [5, 5.41) is 12.3. The third-order valence-electron chi connectivity index (χ3n) is 4.58. The second kappa shape index (κ2) is 8.24. The summed E-state index contributed by atoms with van der Waals surface area (Å²) in [5.41, 5.74) is 1.50. The molecule has 0 spiro atoms. The Morgan fingerprint density at radius 2 is 1.59 bits per heavy atom. The molecule has 27 heavy (non-hydrogen) atoms. The van der Waals surface area contributed by atoms with Gasteiger partial charge < -0.3 is 4.74 Å². The van der Waals surface area contributed by atoms with Crippen LogP contribution in [0, 0.1) is 17.2 Å². The minimum absolute atomic E-state index is 0.0228. The van der Waals surface area contributed by atoms with Crippen LogP contribution >= 0.6 is 11.6 Å². The Hall–Kier alpha value is -2.83. The zero-order chi connectivity index (χ0) is 19.4. The predicted octanol–water partition coefficient (Wildman–Crippen LogP) is 6.04. The van der Waals surface area contributed by atoms with Gasteiger partial charge in [-0.2, -0.15) is 5.26 Å². The van der Waals surface area contributed by atoms with Crippen molar-refractivity contribution in [3.8, 4) is 6.07 Å². The number of rotatable bonds is 5. The molecule has 3 nitrogen and oxygen atoms in total. The highest BCUT2D eigenvalue weighted by molar-refractivity contribution is 6.30. The molecule has 0 amide bonds. The second-order valence-electron chi connectivity index (χ2n) is 6.83. The van der Waals surface area contributed by atoms with E-state index in [9.17, 15) is 10.1 Å². The number of halogens is 1. The zero-order valence-electron chi connectivity index (χ0n) is 15.2. The van der Waals surface area contributed by atoms with E-state index in [1.54, 1.807) is 12.1 Å². The molecule has 3 aromatic carbocycles. The van der Waals surface area contributed by atoms with Gasteiger partial charge in [0, 0.05) is 10.6 Å². The summed E-state index contributed by atoms with van der Waals surface area (Å²) >= 11 is 5.95. The highest BCUT2D eigenvalue weighted by Gasteiger charge is 2.28. The van der Waals surface area contributed by atoms with Crippen molar-refractivity contribution < 1.29 is 9.53 Å². The van der Waals surface area contributed by atoms with Gasteiger partial charge >= 0.3 is 5.97 Å². The van der Waals surface area contributed by atoms with Crippen molar-refractivity contribution in [2.45, 2.75) is 25.9 Å². The van der Waals surface area contributed by atoms with E-state index in [-0.39, 0.29) is 5.92 Å². The van der Waals surface area contributed by atoms with E-state index in [1.165, 1.54) is 0 Å². The number of ether oxygens (including phenoxy) is 1. The Balaban J connectivity index is 1.86. The maximum Gasteiger partial charge on any atom is 0.315 e. The first-order valence-corrected chi connectivity index (χ1v) is 9.21. The van der Waals surface area contributed by atoms with Crippen molar-refractivity contribution in [2.24, 2.45) is 5.92 Å². The first kappa shape index (κ1) is 18.9. The van der Waals surface area contributed by atoms with Crippen LogP contribution in [0.3, 0.4) is 0 Å². The topological polar surface area (TPSA) is 50.1 Å². The van der Waals surface area contributed by atoms with Crippen LogP contribution in [0.15, 0.2) is 66.7 Å². The van der Waals surface area contributed by atoms with Crippen LogP contribution in [-0.4, -0.2) is 5.97 Å². The van der Waals surface area contributed by atoms with Gasteiger partial charge in [-0.15, -0.1) is 0 Å². The van der Waals surface area contributed by atoms with Crippen LogP contribution in [-0.2, 0) is 9.53 Å². The fraction of sp³-hybridized carbons (Fsp3) is 0.217. The number of fused-ring (bicyclic) bond motifs is 1. The van der Waals surface area contributed by atoms with Crippen LogP contribution in [0.1, 0.15) is 37.0 Å². The summed E-state index contributed by atoms with van der Waals surface area (Å²) in [5.74, 6) is -0.847. The Labute approximate surface area is 164 Å². The number of hydrogen-bond acceptors (Lipinski definition) is 3. The Kier molecular flexibility index (Phi) is 5.78. The van der Waals surface area contributed by atoms with Crippen molar-refractivity contribution in [3.63, 3.8) is 0 Å². The van der Waals surface area contributed by atoms with Gasteiger partial charge in [0.25, 0.3) is 0 Å². The van der Waals surface area contributed by atoms with Crippen molar-refractivity contribution in [1.82, 2.24) is 0 Å². The van der Waals surface area contributed by atoms with Gasteiger partial charge in [0.05, 0.1) is 5.92 Å². The average Bonchev–Trinajstić information content (AvgIpc) is 2.67. The molecule has 4 heteroatoms. The molecule has 136 valence electrons. The molecular weight excluding hydrogens is 358 g/mol. The lowest BCUT2D eigenvalue weighted by molar-refractivity contribution is -0.150. The molecule has 0 N–H and O–H groups in total. The molecule has 0 saturated carbocycles. The lowest BCUT2D eigenvalue weighted by atomic mass is 9.88. The summed E-state index contributed by atoms with van der Waals surface area (Å²) < 4.78 is 5.61. The maximum absolute atomic E-state index is 12.9. The zero-order valence-corrected chi connectivity index (χ0v) is 16.0. The van der Waals surface area contributed by atoms with E-state index in [4.69, 9.17) is 16.3 Å². The molecule has 0 aliphatic carbocycles. The molecule has 0 aromatic heterocycles. The Bertz CT molecular complexity index is 989. The number of carbonyl (C=O) groups excluding carboxylic acids is 1. The molecule has 0 unspecified atom stereocenters. The highest BCUT2D eigenvalue weighted by Crippen LogP contribution is 2.30. The summed E-state index contributed by atoms with van der Waals surface area (Å²) in [6.07, 6.45) is -0.948. The number of esters is 1. The number of benzene rings is 3. The van der Waals surface area contributed by atoms with Crippen LogP contribution in [0.2, 0.25) is 5.02 Å². The van der Waals surface area contributed by atoms with Gasteiger partial charge in [0.15, 0.2) is 0 Å². The Morgan fingerprint density at radius 1 is 0.963 bits per heavy atom. The van der Waals surface area contributed by atoms with E-state index in [0.717, 1.165) is 16.3 Å². The van der Waals surface area contributed by atoms with E-state index < -0.39 is 18.0 Å². The van der Waals surface area contributed by atoms with Gasteiger partial charge in [-0.05, 0) is 40.5 Å². The molecular formula is C23H20ClNO2. The minimum atomic E-state index is -0.948. The van der Waals surface area contributed by atoms with Crippen molar-refractivity contribution in [3.05, 3.63) is 82.9 Å². The van der Waals surface area contributed by atoms with Gasteiger partial charge in [0.1, 0.15) is 6.07 Å². The van der Waals surface area contributed by atoms with Crippen molar-refractivity contribution >= 4 is 28.3 Å². The molecule has 0 radical (unpaired) electrons. The van der Waals surface area contributed by atoms with E-state index in [2.05, 4.69) is 6.07 Å². The first-order valence-electron chi connectivity index (χ1n) is 8.84. The molecule has 0 bridgehead atoms. The second-order valence-corrected chi connectivity index (χ2v) is 7.26. The van der Waals surface area contributed by atoms with Crippen molar-refractivity contribution in [1.29, 1.82) is 5.26 Å². The smallest absolute Gasteiger partial charge is 0.315 e. The van der Waals surface area contributed by atoms with Crippen LogP contribution in [0.4, 0.5) is 0 Å². The Morgan fingerprint density at radius 3 is 2.22 bits per heavy atom. The van der Waals surface area contributed by atoms with Gasteiger partial charge in [-0.1, -0.05) is 74.0 Å². The van der Waals surface area contributed by atoms with Crippen molar-refractivity contribution in [2.75, 3.05) is 0 Å². The molecule has 0 heterocycles. The van der Waals surface area contributed by atoms with Crippen LogP contribution in [0.5, 0.6) is 0 Å². The van der Waals surface area contributed by atoms with Crippen LogP contribution in [0.25, 0.3) is 10.8 Å². The summed E-state index contributed by atoms with van der Waals surface area (Å²) in [6.45, 7) is 3.91. The normalized spacial score (nSPS) is 13.1. The summed E-state index contributed by atoms with van der Waals surface area (Å²) in [7, 11) is 0. The molecule has 0 aliphatic heterocycles. The fourth-order valence-corrected chi connectivity index (χ4v) is 3.32. The fourth-order valence-electron chi connectivity index (χ4n) is 3.19. The summed E-state index contributed by atoms with van der Waals surface area (Å²) in [4.78, 5) is 12.9. The van der Waals surface area contributed by atoms with Gasteiger partial charge in [-0.25, -0.2) is 0 Å². The minimum Gasteiger partial charge on any atom is -0.441 e. The largest absolute Gasteiger partial charge is 0.441 e. The quantitative estimate of drug-likeness (QED) is 0.509. The first-order chi connectivity index (χ1) is 13.0. The van der Waals surface area contributed by atoms with E-state index in [1.807, 2.05) is 68.4 Å². The van der Waals surface area contributed by atoms with Gasteiger partial charge in [-0.3, -0.25) is 4.79 Å². The van der Waals surface area contributed by atoms with Crippen LogP contribution < -0.4 is 0 Å². The number of nitrogens with zero attached hydrogens (tertiary/aromatic N) is 1. The third kappa shape index (κ3) is 4.30. The monoisotopic (exact) mass is 377 g/mol.